The molecule has 3 aliphatic rings. The highest BCUT2D eigenvalue weighted by atomic mass is 32.2. The molecule has 2 fully saturated rings. The van der Waals surface area contributed by atoms with Crippen LogP contribution < -0.4 is 10.5 Å². The van der Waals surface area contributed by atoms with E-state index >= 15 is 4.39 Å². The van der Waals surface area contributed by atoms with Crippen molar-refractivity contribution in [2.75, 3.05) is 20.3 Å². The molecule has 0 amide bonds. The van der Waals surface area contributed by atoms with Gasteiger partial charge >= 0.3 is 0 Å². The number of halogens is 1. The zero-order valence-corrected chi connectivity index (χ0v) is 20.5. The Morgan fingerprint density at radius 1 is 1.24 bits per heavy atom. The van der Waals surface area contributed by atoms with Crippen LogP contribution in [0.3, 0.4) is 0 Å². The molecule has 0 saturated heterocycles. The number of hydrogen-bond acceptors (Lipinski definition) is 8. The molecule has 9 heteroatoms. The lowest BCUT2D eigenvalue weighted by Gasteiger charge is -2.34. The van der Waals surface area contributed by atoms with Crippen molar-refractivity contribution < 1.29 is 18.7 Å². The lowest BCUT2D eigenvalue weighted by atomic mass is 9.84. The summed E-state index contributed by atoms with van der Waals surface area (Å²) in [6, 6.07) is 4.76. The predicted molar refractivity (Wildman–Crippen MR) is 129 cm³/mol. The molecule has 0 unspecified atom stereocenters. The van der Waals surface area contributed by atoms with Crippen LogP contribution in [0.5, 0.6) is 5.88 Å². The highest BCUT2D eigenvalue weighted by molar-refractivity contribution is 8.15. The molecule has 3 atom stereocenters. The fraction of sp³-hybridized carbons (Fsp3) is 0.520. The first-order chi connectivity index (χ1) is 16.2. The van der Waals surface area contributed by atoms with Crippen LogP contribution in [0.1, 0.15) is 54.7 Å². The Bertz CT molecular complexity index is 1150. The molecule has 0 bridgehead atoms. The number of aromatic nitrogens is 2. The average Bonchev–Trinajstić information content (AvgIpc) is 3.71. The zero-order valence-electron chi connectivity index (χ0n) is 19.6. The number of benzene rings is 1. The van der Waals surface area contributed by atoms with Crippen LogP contribution in [0, 0.1) is 17.2 Å². The maximum absolute atomic E-state index is 15.0. The van der Waals surface area contributed by atoms with E-state index in [4.69, 9.17) is 15.2 Å². The van der Waals surface area contributed by atoms with E-state index in [-0.39, 0.29) is 39.8 Å². The molecule has 2 aromatic rings. The van der Waals surface area contributed by atoms with Gasteiger partial charge in [-0.05, 0) is 43.9 Å². The SMILES string of the molecule is COC[C@]12C[C@H]1[C@@](C)(c1cc(CC(=O)c3cnc(OCC4(C)CC4)cn3)ccc1F)N=C(N)S2. The third-order valence-corrected chi connectivity index (χ3v) is 8.54. The summed E-state index contributed by atoms with van der Waals surface area (Å²) in [6.45, 7) is 5.22. The van der Waals surface area contributed by atoms with Gasteiger partial charge in [-0.3, -0.25) is 9.79 Å². The first kappa shape index (κ1) is 23.2. The monoisotopic (exact) mass is 484 g/mol. The second kappa shape index (κ2) is 8.30. The number of fused-ring (bicyclic) bond motifs is 1. The Morgan fingerprint density at radius 2 is 2.03 bits per heavy atom. The minimum absolute atomic E-state index is 0.0815. The smallest absolute Gasteiger partial charge is 0.232 e. The summed E-state index contributed by atoms with van der Waals surface area (Å²) in [5, 5.41) is 0.433. The van der Waals surface area contributed by atoms with Gasteiger partial charge in [0.15, 0.2) is 11.0 Å². The van der Waals surface area contributed by atoms with E-state index in [2.05, 4.69) is 21.9 Å². The minimum atomic E-state index is -0.812. The van der Waals surface area contributed by atoms with E-state index in [0.29, 0.717) is 35.4 Å². The molecule has 34 heavy (non-hydrogen) atoms. The number of amidine groups is 1. The van der Waals surface area contributed by atoms with Crippen LogP contribution >= 0.6 is 11.8 Å². The van der Waals surface area contributed by atoms with Gasteiger partial charge in [0.05, 0.1) is 35.9 Å². The van der Waals surface area contributed by atoms with E-state index in [1.165, 1.54) is 30.2 Å². The molecule has 1 aromatic carbocycles. The molecule has 1 aliphatic heterocycles. The number of Topliss-reactive ketones (excluding diaryl/α,β-unsaturated/α-hetero) is 1. The maximum Gasteiger partial charge on any atom is 0.232 e. The quantitative estimate of drug-likeness (QED) is 0.539. The van der Waals surface area contributed by atoms with Crippen molar-refractivity contribution in [3.63, 3.8) is 0 Å². The molecule has 2 heterocycles. The molecular weight excluding hydrogens is 455 g/mol. The third-order valence-electron chi connectivity index (χ3n) is 7.27. The number of nitrogens with zero attached hydrogens (tertiary/aromatic N) is 3. The van der Waals surface area contributed by atoms with Crippen molar-refractivity contribution in [3.8, 4) is 5.88 Å². The number of ether oxygens (including phenoxy) is 2. The minimum Gasteiger partial charge on any atom is -0.476 e. The Morgan fingerprint density at radius 3 is 2.71 bits per heavy atom. The number of ketones is 1. The number of carbonyl (C=O) groups excluding carboxylic acids is 1. The molecule has 0 spiro atoms. The summed E-state index contributed by atoms with van der Waals surface area (Å²) in [6.07, 6.45) is 6.15. The van der Waals surface area contributed by atoms with E-state index in [1.54, 1.807) is 19.2 Å². The topological polar surface area (TPSA) is 99.7 Å². The van der Waals surface area contributed by atoms with Crippen molar-refractivity contribution in [2.45, 2.75) is 49.8 Å². The van der Waals surface area contributed by atoms with Crippen LogP contribution in [0.25, 0.3) is 0 Å². The largest absolute Gasteiger partial charge is 0.476 e. The van der Waals surface area contributed by atoms with Crippen LogP contribution in [-0.2, 0) is 16.7 Å². The Hall–Kier alpha value is -2.52. The Kier molecular flexibility index (Phi) is 5.67. The fourth-order valence-corrected chi connectivity index (χ4v) is 6.27. The summed E-state index contributed by atoms with van der Waals surface area (Å²) in [5.74, 6) is -0.0328. The number of nitrogens with two attached hydrogens (primary N) is 1. The second-order valence-electron chi connectivity index (χ2n) is 10.2. The van der Waals surface area contributed by atoms with E-state index < -0.39 is 5.54 Å². The standard InChI is InChI=1S/C25H29FN4O3S/c1-23(6-7-23)13-33-21-12-28-18(11-29-21)19(31)9-15-4-5-17(26)16(8-15)24(2)20-10-25(20,14-32-3)34-22(27)30-24/h4-5,8,11-12,20H,6-7,9-10,13-14H2,1-3H3,(H2,27,30)/t20-,24+,25+/m0/s1. The summed E-state index contributed by atoms with van der Waals surface area (Å²) in [7, 11) is 1.66. The van der Waals surface area contributed by atoms with Crippen molar-refractivity contribution in [1.29, 1.82) is 0 Å². The summed E-state index contributed by atoms with van der Waals surface area (Å²) in [4.78, 5) is 26.0. The van der Waals surface area contributed by atoms with Crippen molar-refractivity contribution >= 4 is 22.7 Å². The van der Waals surface area contributed by atoms with Gasteiger partial charge in [0, 0.05) is 30.4 Å². The van der Waals surface area contributed by atoms with Crippen molar-refractivity contribution in [3.05, 3.63) is 53.2 Å². The molecule has 2 saturated carbocycles. The molecule has 1 aromatic heterocycles. The van der Waals surface area contributed by atoms with Gasteiger partial charge in [-0.15, -0.1) is 0 Å². The van der Waals surface area contributed by atoms with Crippen LogP contribution in [0.2, 0.25) is 0 Å². The zero-order chi connectivity index (χ0) is 24.1. The summed E-state index contributed by atoms with van der Waals surface area (Å²) in [5.41, 5.74) is 6.96. The van der Waals surface area contributed by atoms with Gasteiger partial charge in [-0.2, -0.15) is 0 Å². The van der Waals surface area contributed by atoms with Gasteiger partial charge < -0.3 is 15.2 Å². The summed E-state index contributed by atoms with van der Waals surface area (Å²) >= 11 is 1.51. The predicted octanol–water partition coefficient (Wildman–Crippen LogP) is 3.90. The molecule has 7 nitrogen and oxygen atoms in total. The molecule has 180 valence electrons. The number of thioether (sulfide) groups is 1. The first-order valence-electron chi connectivity index (χ1n) is 11.5. The number of carbonyl (C=O) groups is 1. The van der Waals surface area contributed by atoms with Gasteiger partial charge in [-0.1, -0.05) is 24.8 Å². The second-order valence-corrected chi connectivity index (χ2v) is 11.6. The van der Waals surface area contributed by atoms with E-state index in [1.807, 2.05) is 6.92 Å². The normalized spacial score (nSPS) is 28.6. The van der Waals surface area contributed by atoms with E-state index in [0.717, 1.165) is 19.3 Å². The van der Waals surface area contributed by atoms with Gasteiger partial charge in [-0.25, -0.2) is 14.4 Å². The highest BCUT2D eigenvalue weighted by Gasteiger charge is 2.66. The fourth-order valence-electron chi connectivity index (χ4n) is 4.82. The van der Waals surface area contributed by atoms with Crippen LogP contribution in [0.15, 0.2) is 35.6 Å². The van der Waals surface area contributed by atoms with Crippen LogP contribution in [-0.4, -0.2) is 46.0 Å². The van der Waals surface area contributed by atoms with Gasteiger partial charge in [0.25, 0.3) is 0 Å². The maximum atomic E-state index is 15.0. The average molecular weight is 485 g/mol. The Labute approximate surface area is 202 Å². The van der Waals surface area contributed by atoms with Crippen molar-refractivity contribution in [1.82, 2.24) is 9.97 Å². The first-order valence-corrected chi connectivity index (χ1v) is 12.3. The lowest BCUT2D eigenvalue weighted by Crippen LogP contribution is -2.37. The molecular formula is C25H29FN4O3S. The lowest BCUT2D eigenvalue weighted by molar-refractivity contribution is 0.0987. The number of aliphatic imine (C=N–C) groups is 1. The van der Waals surface area contributed by atoms with Crippen molar-refractivity contribution in [2.24, 2.45) is 22.1 Å². The molecule has 5 rings (SSSR count). The third kappa shape index (κ3) is 4.31. The Balaban J connectivity index is 1.32. The van der Waals surface area contributed by atoms with Gasteiger partial charge in [0.2, 0.25) is 5.88 Å². The molecule has 2 aliphatic carbocycles. The number of methoxy groups -OCH3 is 1. The van der Waals surface area contributed by atoms with Gasteiger partial charge in [0.1, 0.15) is 11.5 Å². The highest BCUT2D eigenvalue weighted by Crippen LogP contribution is 2.65. The molecule has 0 radical (unpaired) electrons. The number of rotatable bonds is 9. The number of hydrogen-bond donors (Lipinski definition) is 1. The summed E-state index contributed by atoms with van der Waals surface area (Å²) < 4.78 is 25.9. The van der Waals surface area contributed by atoms with Crippen LogP contribution in [0.4, 0.5) is 4.39 Å². The van der Waals surface area contributed by atoms with E-state index in [9.17, 15) is 4.79 Å². The molecule has 2 N–H and O–H groups in total.